The molecule has 2 amide bonds. The molecule has 0 spiro atoms. The lowest BCUT2D eigenvalue weighted by atomic mass is 10.2. The van der Waals surface area contributed by atoms with Crippen LogP contribution in [0.5, 0.6) is 11.5 Å². The van der Waals surface area contributed by atoms with Crippen LogP contribution in [-0.4, -0.2) is 24.0 Å². The number of benzene rings is 2. The van der Waals surface area contributed by atoms with Crippen molar-refractivity contribution in [1.82, 2.24) is 0 Å². The van der Waals surface area contributed by atoms with Gasteiger partial charge in [0.1, 0.15) is 11.5 Å². The van der Waals surface area contributed by atoms with Crippen LogP contribution in [0.2, 0.25) is 5.02 Å². The first-order valence-corrected chi connectivity index (χ1v) is 8.15. The van der Waals surface area contributed by atoms with E-state index in [1.807, 2.05) is 0 Å². The molecule has 0 saturated heterocycles. The van der Waals surface area contributed by atoms with Crippen molar-refractivity contribution >= 4 is 34.8 Å². The number of amides is 2. The summed E-state index contributed by atoms with van der Waals surface area (Å²) in [6.45, 7) is 3.31. The summed E-state index contributed by atoms with van der Waals surface area (Å²) in [6, 6.07) is 11.9. The van der Waals surface area contributed by atoms with E-state index in [9.17, 15) is 9.59 Å². The first-order chi connectivity index (χ1) is 11.9. The molecular formula is C18H17ClN2O4. The van der Waals surface area contributed by atoms with Crippen molar-refractivity contribution in [1.29, 1.82) is 0 Å². The molecule has 1 heterocycles. The van der Waals surface area contributed by atoms with Crippen molar-refractivity contribution < 1.29 is 19.1 Å². The van der Waals surface area contributed by atoms with Gasteiger partial charge in [-0.3, -0.25) is 9.59 Å². The predicted molar refractivity (Wildman–Crippen MR) is 95.3 cm³/mol. The summed E-state index contributed by atoms with van der Waals surface area (Å²) >= 11 is 5.90. The van der Waals surface area contributed by atoms with E-state index in [1.165, 1.54) is 0 Å². The van der Waals surface area contributed by atoms with Crippen LogP contribution in [0.1, 0.15) is 13.8 Å². The zero-order valence-electron chi connectivity index (χ0n) is 13.7. The maximum Gasteiger partial charge on any atom is 0.265 e. The summed E-state index contributed by atoms with van der Waals surface area (Å²) in [5.41, 5.74) is 1.05. The van der Waals surface area contributed by atoms with Gasteiger partial charge in [0.15, 0.2) is 12.2 Å². The summed E-state index contributed by atoms with van der Waals surface area (Å²) in [5.74, 6) is 0.522. The highest BCUT2D eigenvalue weighted by molar-refractivity contribution is 6.30. The Morgan fingerprint density at radius 3 is 2.88 bits per heavy atom. The van der Waals surface area contributed by atoms with Crippen LogP contribution in [0.25, 0.3) is 0 Å². The highest BCUT2D eigenvalue weighted by Gasteiger charge is 2.24. The summed E-state index contributed by atoms with van der Waals surface area (Å²) < 4.78 is 11.1. The molecule has 7 heteroatoms. The van der Waals surface area contributed by atoms with Crippen molar-refractivity contribution in [2.45, 2.75) is 26.1 Å². The van der Waals surface area contributed by atoms with Gasteiger partial charge in [-0.2, -0.15) is 0 Å². The van der Waals surface area contributed by atoms with Crippen molar-refractivity contribution in [2.24, 2.45) is 0 Å². The molecular weight excluding hydrogens is 344 g/mol. The largest absolute Gasteiger partial charge is 0.481 e. The lowest BCUT2D eigenvalue weighted by Gasteiger charge is -2.24. The van der Waals surface area contributed by atoms with Gasteiger partial charge < -0.3 is 20.1 Å². The van der Waals surface area contributed by atoms with Crippen LogP contribution in [0.4, 0.5) is 11.4 Å². The molecule has 2 N–H and O–H groups in total. The molecule has 3 rings (SSSR count). The third-order valence-electron chi connectivity index (χ3n) is 3.66. The third-order valence-corrected chi connectivity index (χ3v) is 3.89. The van der Waals surface area contributed by atoms with Gasteiger partial charge in [-0.05, 0) is 50.2 Å². The second-order valence-corrected chi connectivity index (χ2v) is 6.10. The fourth-order valence-corrected chi connectivity index (χ4v) is 2.51. The van der Waals surface area contributed by atoms with Crippen LogP contribution in [-0.2, 0) is 9.59 Å². The molecule has 0 saturated carbocycles. The zero-order chi connectivity index (χ0) is 18.0. The van der Waals surface area contributed by atoms with Gasteiger partial charge in [0.2, 0.25) is 0 Å². The number of fused-ring (bicyclic) bond motifs is 1. The SMILES string of the molecule is CC(Oc1cccc(Cl)c1)C(=O)Nc1ccc2c(c1)NC(=O)C(C)O2. The van der Waals surface area contributed by atoms with E-state index in [-0.39, 0.29) is 11.8 Å². The van der Waals surface area contributed by atoms with E-state index in [4.69, 9.17) is 21.1 Å². The molecule has 1 aliphatic rings. The van der Waals surface area contributed by atoms with Gasteiger partial charge in [0.05, 0.1) is 5.69 Å². The first-order valence-electron chi connectivity index (χ1n) is 7.77. The minimum Gasteiger partial charge on any atom is -0.481 e. The van der Waals surface area contributed by atoms with Crippen molar-refractivity contribution in [3.8, 4) is 11.5 Å². The second kappa shape index (κ2) is 7.03. The second-order valence-electron chi connectivity index (χ2n) is 5.67. The van der Waals surface area contributed by atoms with Gasteiger partial charge in [-0.25, -0.2) is 0 Å². The van der Waals surface area contributed by atoms with E-state index in [0.29, 0.717) is 27.9 Å². The molecule has 130 valence electrons. The van der Waals surface area contributed by atoms with Crippen molar-refractivity contribution in [2.75, 3.05) is 10.6 Å². The maximum absolute atomic E-state index is 12.3. The number of nitrogens with one attached hydrogen (secondary N) is 2. The molecule has 0 aromatic heterocycles. The maximum atomic E-state index is 12.3. The highest BCUT2D eigenvalue weighted by Crippen LogP contribution is 2.32. The fraction of sp³-hybridized carbons (Fsp3) is 0.222. The van der Waals surface area contributed by atoms with Crippen LogP contribution < -0.4 is 20.1 Å². The van der Waals surface area contributed by atoms with Crippen LogP contribution >= 0.6 is 11.6 Å². The number of hydrogen-bond acceptors (Lipinski definition) is 4. The topological polar surface area (TPSA) is 76.7 Å². The zero-order valence-corrected chi connectivity index (χ0v) is 14.5. The monoisotopic (exact) mass is 360 g/mol. The van der Waals surface area contributed by atoms with Crippen molar-refractivity contribution in [3.63, 3.8) is 0 Å². The standard InChI is InChI=1S/C18H17ClN2O4/c1-10(24-14-5-3-4-12(19)8-14)17(22)20-13-6-7-16-15(9-13)21-18(23)11(2)25-16/h3-11H,1-2H3,(H,20,22)(H,21,23). The summed E-state index contributed by atoms with van der Waals surface area (Å²) in [5, 5.41) is 6.02. The average molecular weight is 361 g/mol. The van der Waals surface area contributed by atoms with Crippen LogP contribution in [0.3, 0.4) is 0 Å². The quantitative estimate of drug-likeness (QED) is 0.875. The number of ether oxygens (including phenoxy) is 2. The minimum atomic E-state index is -0.722. The smallest absolute Gasteiger partial charge is 0.265 e. The number of carbonyl (C=O) groups is 2. The Kier molecular flexibility index (Phi) is 4.81. The molecule has 0 aliphatic carbocycles. The normalized spacial score (nSPS) is 16.9. The molecule has 0 fully saturated rings. The van der Waals surface area contributed by atoms with E-state index in [2.05, 4.69) is 10.6 Å². The Labute approximate surface area is 150 Å². The van der Waals surface area contributed by atoms with Crippen molar-refractivity contribution in [3.05, 3.63) is 47.5 Å². The fourth-order valence-electron chi connectivity index (χ4n) is 2.33. The number of rotatable bonds is 4. The number of carbonyl (C=O) groups excluding carboxylic acids is 2. The molecule has 0 radical (unpaired) electrons. The summed E-state index contributed by atoms with van der Waals surface area (Å²) in [4.78, 5) is 24.0. The van der Waals surface area contributed by atoms with E-state index in [0.717, 1.165) is 0 Å². The highest BCUT2D eigenvalue weighted by atomic mass is 35.5. The molecule has 6 nitrogen and oxygen atoms in total. The molecule has 25 heavy (non-hydrogen) atoms. The van der Waals surface area contributed by atoms with E-state index >= 15 is 0 Å². The predicted octanol–water partition coefficient (Wildman–Crippen LogP) is 3.47. The molecule has 0 bridgehead atoms. The summed E-state index contributed by atoms with van der Waals surface area (Å²) in [6.07, 6.45) is -1.26. The molecule has 2 unspecified atom stereocenters. The minimum absolute atomic E-state index is 0.228. The van der Waals surface area contributed by atoms with E-state index < -0.39 is 12.2 Å². The third kappa shape index (κ3) is 4.03. The van der Waals surface area contributed by atoms with Gasteiger partial charge >= 0.3 is 0 Å². The van der Waals surface area contributed by atoms with Gasteiger partial charge in [-0.1, -0.05) is 17.7 Å². The van der Waals surface area contributed by atoms with E-state index in [1.54, 1.807) is 56.3 Å². The number of anilines is 2. The summed E-state index contributed by atoms with van der Waals surface area (Å²) in [7, 11) is 0. The Hall–Kier alpha value is -2.73. The first kappa shape index (κ1) is 17.1. The van der Waals surface area contributed by atoms with Gasteiger partial charge in [-0.15, -0.1) is 0 Å². The number of hydrogen-bond donors (Lipinski definition) is 2. The van der Waals surface area contributed by atoms with Crippen LogP contribution in [0.15, 0.2) is 42.5 Å². The van der Waals surface area contributed by atoms with Gasteiger partial charge in [0.25, 0.3) is 11.8 Å². The molecule has 2 atom stereocenters. The molecule has 1 aliphatic heterocycles. The Morgan fingerprint density at radius 2 is 2.12 bits per heavy atom. The Morgan fingerprint density at radius 1 is 1.32 bits per heavy atom. The number of halogens is 1. The Bertz CT molecular complexity index is 824. The Balaban J connectivity index is 1.66. The lowest BCUT2D eigenvalue weighted by Crippen LogP contribution is -2.34. The average Bonchev–Trinajstić information content (AvgIpc) is 2.56. The molecule has 2 aromatic rings. The van der Waals surface area contributed by atoms with Crippen LogP contribution in [0, 0.1) is 0 Å². The lowest BCUT2D eigenvalue weighted by molar-refractivity contribution is -0.123. The van der Waals surface area contributed by atoms with Gasteiger partial charge in [0, 0.05) is 10.7 Å². The molecule has 2 aromatic carbocycles.